The van der Waals surface area contributed by atoms with E-state index < -0.39 is 10.0 Å². The lowest BCUT2D eigenvalue weighted by Crippen LogP contribution is -2.47. The highest BCUT2D eigenvalue weighted by molar-refractivity contribution is 7.89. The van der Waals surface area contributed by atoms with Gasteiger partial charge in [-0.3, -0.25) is 4.79 Å². The Hall–Kier alpha value is -2.12. The molecule has 7 heteroatoms. The first kappa shape index (κ1) is 21.6. The number of sulfonamides is 1. The van der Waals surface area contributed by atoms with Crippen LogP contribution in [0.5, 0.6) is 0 Å². The van der Waals surface area contributed by atoms with Gasteiger partial charge in [-0.2, -0.15) is 4.31 Å². The molecule has 0 bridgehead atoms. The second-order valence-electron chi connectivity index (χ2n) is 7.98. The van der Waals surface area contributed by atoms with Crippen LogP contribution in [0.4, 0.5) is 0 Å². The van der Waals surface area contributed by atoms with Crippen LogP contribution in [-0.4, -0.2) is 46.7 Å². The van der Waals surface area contributed by atoms with Gasteiger partial charge in [0.15, 0.2) is 0 Å². The summed E-state index contributed by atoms with van der Waals surface area (Å²) in [7, 11) is -1.80. The Morgan fingerprint density at radius 2 is 1.86 bits per heavy atom. The van der Waals surface area contributed by atoms with Gasteiger partial charge in [0.25, 0.3) is 0 Å². The van der Waals surface area contributed by atoms with Crippen molar-refractivity contribution in [2.45, 2.75) is 63.6 Å². The first-order valence-corrected chi connectivity index (χ1v) is 11.7. The van der Waals surface area contributed by atoms with Gasteiger partial charge in [-0.25, -0.2) is 8.42 Å². The number of benzene rings is 1. The quantitative estimate of drug-likeness (QED) is 0.629. The van der Waals surface area contributed by atoms with E-state index in [0.717, 1.165) is 24.1 Å². The highest BCUT2D eigenvalue weighted by atomic mass is 32.2. The summed E-state index contributed by atoms with van der Waals surface area (Å²) in [6, 6.07) is 10.7. The van der Waals surface area contributed by atoms with E-state index in [-0.39, 0.29) is 29.4 Å². The Bertz CT molecular complexity index is 946. The molecular formula is C22H31N3O3S. The van der Waals surface area contributed by atoms with Gasteiger partial charge in [0.05, 0.1) is 18.0 Å². The highest BCUT2D eigenvalue weighted by Crippen LogP contribution is 2.29. The predicted molar refractivity (Wildman–Crippen MR) is 114 cm³/mol. The van der Waals surface area contributed by atoms with Crippen molar-refractivity contribution in [3.8, 4) is 0 Å². The number of aryl methyl sites for hydroxylation is 2. The van der Waals surface area contributed by atoms with Gasteiger partial charge >= 0.3 is 0 Å². The van der Waals surface area contributed by atoms with Gasteiger partial charge in [0.1, 0.15) is 0 Å². The average Bonchev–Trinajstić information content (AvgIpc) is 3.45. The zero-order chi connectivity index (χ0) is 21.2. The molecule has 1 aromatic carbocycles. The second kappa shape index (κ2) is 8.71. The standard InChI is InChI=1S/C22H31N3O3S/c1-5-18(3)25(29(27,28)21-12-8-17(2)9-13-21)16-22(26)24(19-10-11-19)15-20-7-6-14-23(20)4/h6-9,12-14,18-19H,5,10-11,15-16H2,1-4H3/t18-/m1/s1. The van der Waals surface area contributed by atoms with Gasteiger partial charge in [0.2, 0.25) is 15.9 Å². The third-order valence-electron chi connectivity index (χ3n) is 5.69. The van der Waals surface area contributed by atoms with Crippen LogP contribution in [0.2, 0.25) is 0 Å². The van der Waals surface area contributed by atoms with Gasteiger partial charge in [-0.05, 0) is 57.4 Å². The van der Waals surface area contributed by atoms with Crippen molar-refractivity contribution in [1.29, 1.82) is 0 Å². The number of carbonyl (C=O) groups excluding carboxylic acids is 1. The van der Waals surface area contributed by atoms with Crippen LogP contribution in [0.1, 0.15) is 44.4 Å². The minimum Gasteiger partial charge on any atom is -0.353 e. The van der Waals surface area contributed by atoms with E-state index in [4.69, 9.17) is 0 Å². The van der Waals surface area contributed by atoms with E-state index in [2.05, 4.69) is 0 Å². The monoisotopic (exact) mass is 417 g/mol. The van der Waals surface area contributed by atoms with Crippen molar-refractivity contribution >= 4 is 15.9 Å². The fourth-order valence-corrected chi connectivity index (χ4v) is 5.05. The smallest absolute Gasteiger partial charge is 0.243 e. The van der Waals surface area contributed by atoms with Gasteiger partial charge in [-0.1, -0.05) is 24.6 Å². The van der Waals surface area contributed by atoms with Crippen molar-refractivity contribution in [2.24, 2.45) is 7.05 Å². The molecule has 1 aliphatic rings. The molecule has 1 saturated carbocycles. The van der Waals surface area contributed by atoms with Crippen LogP contribution in [0.15, 0.2) is 47.5 Å². The maximum absolute atomic E-state index is 13.3. The molecule has 1 fully saturated rings. The van der Waals surface area contributed by atoms with Crippen molar-refractivity contribution in [3.05, 3.63) is 53.9 Å². The molecule has 1 amide bonds. The number of aromatic nitrogens is 1. The SMILES string of the molecule is CC[C@@H](C)N(CC(=O)N(Cc1cccn1C)C1CC1)S(=O)(=O)c1ccc(C)cc1. The fourth-order valence-electron chi connectivity index (χ4n) is 3.39. The first-order chi connectivity index (χ1) is 13.7. The summed E-state index contributed by atoms with van der Waals surface area (Å²) < 4.78 is 30.0. The van der Waals surface area contributed by atoms with Crippen molar-refractivity contribution < 1.29 is 13.2 Å². The number of nitrogens with zero attached hydrogens (tertiary/aromatic N) is 3. The minimum absolute atomic E-state index is 0.133. The topological polar surface area (TPSA) is 62.6 Å². The zero-order valence-corrected chi connectivity index (χ0v) is 18.5. The lowest BCUT2D eigenvalue weighted by molar-refractivity contribution is -0.133. The van der Waals surface area contributed by atoms with E-state index >= 15 is 0 Å². The van der Waals surface area contributed by atoms with Crippen molar-refractivity contribution in [2.75, 3.05) is 6.54 Å². The molecule has 1 aliphatic carbocycles. The molecule has 2 aromatic rings. The molecule has 3 rings (SSSR count). The highest BCUT2D eigenvalue weighted by Gasteiger charge is 2.37. The third-order valence-corrected chi connectivity index (χ3v) is 7.67. The lowest BCUT2D eigenvalue weighted by atomic mass is 10.2. The molecule has 0 spiro atoms. The largest absolute Gasteiger partial charge is 0.353 e. The molecule has 29 heavy (non-hydrogen) atoms. The summed E-state index contributed by atoms with van der Waals surface area (Å²) in [5, 5.41) is 0. The van der Waals surface area contributed by atoms with Gasteiger partial charge in [-0.15, -0.1) is 0 Å². The van der Waals surface area contributed by atoms with E-state index in [0.29, 0.717) is 13.0 Å². The summed E-state index contributed by atoms with van der Waals surface area (Å²) in [5.41, 5.74) is 2.04. The fraction of sp³-hybridized carbons (Fsp3) is 0.500. The van der Waals surface area contributed by atoms with Crippen molar-refractivity contribution in [3.63, 3.8) is 0 Å². The van der Waals surface area contributed by atoms with E-state index in [1.807, 2.05) is 55.6 Å². The molecule has 0 N–H and O–H groups in total. The predicted octanol–water partition coefficient (Wildman–Crippen LogP) is 3.31. The second-order valence-corrected chi connectivity index (χ2v) is 9.87. The third kappa shape index (κ3) is 4.90. The summed E-state index contributed by atoms with van der Waals surface area (Å²) in [6.45, 7) is 6.09. The molecule has 1 atom stereocenters. The summed E-state index contributed by atoms with van der Waals surface area (Å²) in [4.78, 5) is 15.3. The van der Waals surface area contributed by atoms with Crippen LogP contribution in [0, 0.1) is 6.92 Å². The van der Waals surface area contributed by atoms with Crippen LogP contribution in [0.25, 0.3) is 0 Å². The lowest BCUT2D eigenvalue weighted by Gasteiger charge is -2.30. The van der Waals surface area contributed by atoms with Gasteiger partial charge < -0.3 is 9.47 Å². The molecule has 0 aliphatic heterocycles. The molecule has 0 saturated heterocycles. The van der Waals surface area contributed by atoms with Crippen molar-refractivity contribution in [1.82, 2.24) is 13.8 Å². The van der Waals surface area contributed by atoms with Crippen LogP contribution >= 0.6 is 0 Å². The molecular weight excluding hydrogens is 386 g/mol. The van der Waals surface area contributed by atoms with Gasteiger partial charge in [0, 0.05) is 31.0 Å². The Kier molecular flexibility index (Phi) is 6.49. The Labute approximate surface area is 174 Å². The number of rotatable bonds is 9. The Morgan fingerprint density at radius 1 is 1.21 bits per heavy atom. The maximum Gasteiger partial charge on any atom is 0.243 e. The zero-order valence-electron chi connectivity index (χ0n) is 17.7. The number of carbonyl (C=O) groups is 1. The normalized spacial score (nSPS) is 15.5. The van der Waals surface area contributed by atoms with Crippen LogP contribution < -0.4 is 0 Å². The molecule has 1 heterocycles. The Balaban J connectivity index is 1.84. The average molecular weight is 418 g/mol. The Morgan fingerprint density at radius 3 is 2.38 bits per heavy atom. The van der Waals surface area contributed by atoms with E-state index in [1.54, 1.807) is 24.3 Å². The van der Waals surface area contributed by atoms with Crippen LogP contribution in [0.3, 0.4) is 0 Å². The molecule has 6 nitrogen and oxygen atoms in total. The minimum atomic E-state index is -3.75. The first-order valence-electron chi connectivity index (χ1n) is 10.2. The van der Waals surface area contributed by atoms with Crippen LogP contribution in [-0.2, 0) is 28.4 Å². The molecule has 158 valence electrons. The molecule has 1 aromatic heterocycles. The number of hydrogen-bond donors (Lipinski definition) is 0. The van der Waals surface area contributed by atoms with E-state index in [1.165, 1.54) is 4.31 Å². The summed E-state index contributed by atoms with van der Waals surface area (Å²) >= 11 is 0. The molecule has 0 radical (unpaired) electrons. The number of amides is 1. The van der Waals surface area contributed by atoms with E-state index in [9.17, 15) is 13.2 Å². The summed E-state index contributed by atoms with van der Waals surface area (Å²) in [5.74, 6) is -0.135. The molecule has 0 unspecified atom stereocenters. The maximum atomic E-state index is 13.3. The number of hydrogen-bond acceptors (Lipinski definition) is 3. The summed E-state index contributed by atoms with van der Waals surface area (Å²) in [6.07, 6.45) is 4.55.